The van der Waals surface area contributed by atoms with Gasteiger partial charge in [-0.3, -0.25) is 0 Å². The molecule has 3 aromatic carbocycles. The average Bonchev–Trinajstić information content (AvgIpc) is 3.40. The Morgan fingerprint density at radius 3 is 2.24 bits per heavy atom. The summed E-state index contributed by atoms with van der Waals surface area (Å²) in [7, 11) is 0. The molecule has 13 heteroatoms. The first kappa shape index (κ1) is 29.1. The van der Waals surface area contributed by atoms with Gasteiger partial charge in [0.2, 0.25) is 5.79 Å². The molecule has 0 aliphatic carbocycles. The van der Waals surface area contributed by atoms with Crippen LogP contribution in [-0.2, 0) is 15.3 Å². The van der Waals surface area contributed by atoms with Crippen molar-refractivity contribution in [3.8, 4) is 11.4 Å². The van der Waals surface area contributed by atoms with E-state index >= 15 is 0 Å². The van der Waals surface area contributed by atoms with Gasteiger partial charge in [0.05, 0.1) is 17.3 Å². The molecule has 0 unspecified atom stereocenters. The van der Waals surface area contributed by atoms with Crippen molar-refractivity contribution in [2.24, 2.45) is 0 Å². The van der Waals surface area contributed by atoms with Crippen molar-refractivity contribution in [2.75, 3.05) is 49.2 Å². The Hall–Kier alpha value is -4.29. The number of aromatic amines is 1. The van der Waals surface area contributed by atoms with Crippen LogP contribution in [0.1, 0.15) is 23.3 Å². The number of halogens is 2. The second kappa shape index (κ2) is 11.5. The lowest BCUT2D eigenvalue weighted by molar-refractivity contribution is -0.188. The number of aromatic nitrogens is 5. The quantitative estimate of drug-likeness (QED) is 0.250. The van der Waals surface area contributed by atoms with Crippen LogP contribution in [0.3, 0.4) is 0 Å². The minimum atomic E-state index is -1.09. The molecule has 2 saturated heterocycles. The Kier molecular flexibility index (Phi) is 7.28. The highest BCUT2D eigenvalue weighted by atomic mass is 35.5. The van der Waals surface area contributed by atoms with Crippen molar-refractivity contribution in [1.29, 1.82) is 0 Å². The Labute approximate surface area is 274 Å². The topological polar surface area (TPSA) is 103 Å². The first-order chi connectivity index (χ1) is 22.4. The fraction of sp³-hybridized carbons (Fsp3) is 0.303. The first-order valence-electron chi connectivity index (χ1n) is 15.2. The van der Waals surface area contributed by atoms with Crippen molar-refractivity contribution in [3.63, 3.8) is 0 Å². The lowest BCUT2D eigenvalue weighted by Crippen LogP contribution is -2.46. The summed E-state index contributed by atoms with van der Waals surface area (Å²) in [6.07, 6.45) is 3.37. The van der Waals surface area contributed by atoms with Crippen LogP contribution < -0.4 is 20.2 Å². The zero-order valence-corrected chi connectivity index (χ0v) is 26.5. The zero-order valence-electron chi connectivity index (χ0n) is 25.0. The van der Waals surface area contributed by atoms with Crippen LogP contribution in [0.25, 0.3) is 5.69 Å². The molecule has 3 aliphatic rings. The molecule has 11 nitrogen and oxygen atoms in total. The summed E-state index contributed by atoms with van der Waals surface area (Å²) in [5, 5.41) is 7.51. The molecule has 3 atom stereocenters. The highest BCUT2D eigenvalue weighted by Gasteiger charge is 2.60. The van der Waals surface area contributed by atoms with E-state index in [-0.39, 0.29) is 17.8 Å². The fourth-order valence-corrected chi connectivity index (χ4v) is 7.05. The summed E-state index contributed by atoms with van der Waals surface area (Å²) >= 11 is 12.8. The zero-order chi connectivity index (χ0) is 31.4. The number of aryl methyl sites for hydroxylation is 1. The summed E-state index contributed by atoms with van der Waals surface area (Å²) < 4.78 is 22.7. The van der Waals surface area contributed by atoms with Gasteiger partial charge in [0, 0.05) is 60.5 Å². The van der Waals surface area contributed by atoms with Gasteiger partial charge in [-0.25, -0.2) is 19.4 Å². The number of H-pyrrole nitrogens is 1. The molecule has 0 amide bonds. The molecule has 3 aliphatic heterocycles. The van der Waals surface area contributed by atoms with Gasteiger partial charge >= 0.3 is 5.69 Å². The van der Waals surface area contributed by atoms with Gasteiger partial charge in [-0.2, -0.15) is 5.10 Å². The Balaban J connectivity index is 0.869. The smallest absolute Gasteiger partial charge is 0.347 e. The summed E-state index contributed by atoms with van der Waals surface area (Å²) in [6.45, 7) is 6.05. The lowest BCUT2D eigenvalue weighted by atomic mass is 10.0. The largest absolute Gasteiger partial charge is 0.491 e. The Morgan fingerprint density at radius 1 is 0.957 bits per heavy atom. The van der Waals surface area contributed by atoms with Crippen LogP contribution >= 0.6 is 23.2 Å². The van der Waals surface area contributed by atoms with Gasteiger partial charge in [0.1, 0.15) is 30.1 Å². The molecule has 2 aromatic heterocycles. The van der Waals surface area contributed by atoms with E-state index in [4.69, 9.17) is 37.4 Å². The van der Waals surface area contributed by atoms with Crippen LogP contribution in [-0.4, -0.2) is 69.8 Å². The predicted octanol–water partition coefficient (Wildman–Crippen LogP) is 4.95. The van der Waals surface area contributed by atoms with Gasteiger partial charge < -0.3 is 28.6 Å². The summed E-state index contributed by atoms with van der Waals surface area (Å²) in [6, 6.07) is 21.4. The molecule has 2 fully saturated rings. The number of imidazole rings is 1. The summed E-state index contributed by atoms with van der Waals surface area (Å²) in [5.41, 5.74) is 3.57. The highest BCUT2D eigenvalue weighted by Crippen LogP contribution is 2.54. The third-order valence-corrected chi connectivity index (χ3v) is 9.42. The van der Waals surface area contributed by atoms with Gasteiger partial charge in [-0.05, 0) is 67.6 Å². The van der Waals surface area contributed by atoms with E-state index < -0.39 is 5.79 Å². The first-order valence-corrected chi connectivity index (χ1v) is 15.9. The van der Waals surface area contributed by atoms with Crippen LogP contribution in [0.5, 0.6) is 5.75 Å². The van der Waals surface area contributed by atoms with Crippen LogP contribution in [0.4, 0.5) is 11.4 Å². The molecule has 8 rings (SSSR count). The van der Waals surface area contributed by atoms with Crippen molar-refractivity contribution >= 4 is 34.6 Å². The van der Waals surface area contributed by atoms with Crippen molar-refractivity contribution in [3.05, 3.63) is 117 Å². The molecule has 1 N–H and O–H groups in total. The maximum atomic E-state index is 12.1. The molecule has 236 valence electrons. The molecule has 5 aromatic rings. The number of anilines is 2. The van der Waals surface area contributed by atoms with Crippen molar-refractivity contribution in [1.82, 2.24) is 24.3 Å². The van der Waals surface area contributed by atoms with Gasteiger partial charge in [-0.15, -0.1) is 0 Å². The number of hydrogen-bond donors (Lipinski definition) is 1. The Morgan fingerprint density at radius 2 is 1.63 bits per heavy atom. The predicted molar refractivity (Wildman–Crippen MR) is 175 cm³/mol. The van der Waals surface area contributed by atoms with Crippen molar-refractivity contribution < 1.29 is 14.2 Å². The maximum absolute atomic E-state index is 12.1. The molecular formula is C33H31Cl2N7O4. The van der Waals surface area contributed by atoms with E-state index in [9.17, 15) is 4.79 Å². The molecular weight excluding hydrogens is 629 g/mol. The maximum Gasteiger partial charge on any atom is 0.347 e. The highest BCUT2D eigenvalue weighted by molar-refractivity contribution is 6.35. The molecule has 0 spiro atoms. The minimum Gasteiger partial charge on any atom is -0.491 e. The number of hydrogen-bond acceptors (Lipinski definition) is 8. The van der Waals surface area contributed by atoms with Crippen LogP contribution in [0.2, 0.25) is 10.0 Å². The number of benzene rings is 3. The molecule has 0 saturated carbocycles. The number of rotatable bonds is 8. The van der Waals surface area contributed by atoms with Gasteiger partial charge in [-0.1, -0.05) is 29.3 Å². The summed E-state index contributed by atoms with van der Waals surface area (Å²) in [5.74, 6) is 1.19. The molecule has 0 bridgehead atoms. The Bertz CT molecular complexity index is 1910. The second-order valence-corrected chi connectivity index (χ2v) is 12.5. The van der Waals surface area contributed by atoms with Gasteiger partial charge in [0.25, 0.3) is 0 Å². The van der Waals surface area contributed by atoms with E-state index in [1.54, 1.807) is 29.8 Å². The van der Waals surface area contributed by atoms with Crippen LogP contribution in [0, 0.1) is 6.92 Å². The SMILES string of the molecule is Cc1n[nH]c(=O)n1-c1ccc(N2CCN(c3ccc(OC[C@@H]4CO[C@](c5ccc(Cl)cc5Cl)([C@H]5c6nccn65)O4)cc3)CC2)cc1. The standard InChI is InChI=1S/C33H31Cl2N7O4/c1-21-37-38-32(43)42(21)25-5-3-23(4-6-25)39-14-16-40(17-15-39)24-7-9-26(10-8-24)44-19-27-20-45-33(46-27,30-31-36-12-13-41(30)31)28-11-2-22(34)18-29(28)35/h2-13,18,27,30H,14-17,19-20H2,1H3,(H,38,43)/t27-,30-,33+,41?/m1/s1. The molecule has 46 heavy (non-hydrogen) atoms. The third kappa shape index (κ3) is 5.13. The second-order valence-electron chi connectivity index (χ2n) is 11.6. The summed E-state index contributed by atoms with van der Waals surface area (Å²) in [4.78, 5) is 21.2. The normalized spacial score (nSPS) is 22.2. The van der Waals surface area contributed by atoms with Crippen molar-refractivity contribution in [2.45, 2.75) is 24.9 Å². The van der Waals surface area contributed by atoms with E-state index in [1.165, 1.54) is 0 Å². The number of nitrogens with zero attached hydrogens (tertiary/aromatic N) is 6. The number of piperazine rings is 1. The molecule has 5 heterocycles. The van der Waals surface area contributed by atoms with Crippen LogP contribution in [0.15, 0.2) is 83.9 Å². The average molecular weight is 661 g/mol. The van der Waals surface area contributed by atoms with E-state index in [0.717, 1.165) is 60.4 Å². The third-order valence-electron chi connectivity index (χ3n) is 8.88. The van der Waals surface area contributed by atoms with Gasteiger partial charge in [0.15, 0.2) is 6.04 Å². The molecule has 0 radical (unpaired) electrons. The van der Waals surface area contributed by atoms with E-state index in [0.29, 0.717) is 29.1 Å². The lowest BCUT2D eigenvalue weighted by Gasteiger charge is -2.37. The number of fused-ring (bicyclic) bond motifs is 1. The number of nitrogens with one attached hydrogen (secondary N) is 1. The number of ether oxygens (including phenoxy) is 3. The van der Waals surface area contributed by atoms with E-state index in [2.05, 4.69) is 49.2 Å². The minimum absolute atomic E-state index is 0.183. The fourth-order valence-electron chi connectivity index (χ4n) is 6.51. The van der Waals surface area contributed by atoms with E-state index in [1.807, 2.05) is 41.1 Å². The monoisotopic (exact) mass is 659 g/mol.